The van der Waals surface area contributed by atoms with Crippen molar-refractivity contribution in [3.8, 4) is 0 Å². The molecule has 0 bridgehead atoms. The van der Waals surface area contributed by atoms with Crippen molar-refractivity contribution in [1.82, 2.24) is 4.72 Å². The van der Waals surface area contributed by atoms with E-state index in [4.69, 9.17) is 0 Å². The van der Waals surface area contributed by atoms with Gasteiger partial charge in [-0.2, -0.15) is 0 Å². The van der Waals surface area contributed by atoms with Crippen LogP contribution in [-0.2, 0) is 14.8 Å². The van der Waals surface area contributed by atoms with E-state index in [1.54, 1.807) is 11.4 Å². The summed E-state index contributed by atoms with van der Waals surface area (Å²) in [6, 6.07) is 1.62. The van der Waals surface area contributed by atoms with Gasteiger partial charge in [-0.1, -0.05) is 0 Å². The molecule has 0 amide bonds. The molecule has 1 heterocycles. The van der Waals surface area contributed by atoms with Gasteiger partial charge in [0.25, 0.3) is 16.4 Å². The van der Waals surface area contributed by atoms with Crippen LogP contribution < -0.4 is 4.72 Å². The highest BCUT2D eigenvalue weighted by Crippen LogP contribution is 2.27. The van der Waals surface area contributed by atoms with Crippen molar-refractivity contribution >= 4 is 37.3 Å². The first-order chi connectivity index (χ1) is 7.93. The molecule has 0 fully saturated rings. The van der Waals surface area contributed by atoms with E-state index in [-0.39, 0.29) is 17.4 Å². The van der Waals surface area contributed by atoms with Gasteiger partial charge in [0.05, 0.1) is 6.61 Å². The molecule has 9 heteroatoms. The van der Waals surface area contributed by atoms with Crippen LogP contribution in [0.2, 0.25) is 0 Å². The Balaban J connectivity index is 2.39. The molecule has 17 heavy (non-hydrogen) atoms. The van der Waals surface area contributed by atoms with Crippen molar-refractivity contribution in [2.45, 2.75) is 10.6 Å². The molecule has 1 N–H and O–H groups in total. The number of alkyl halides is 2. The predicted molar refractivity (Wildman–Crippen MR) is 64.0 cm³/mol. The standard InChI is InChI=1S/C8H10BrF2NO3S2/c9-6-1-4-16-8(6)17(13,14)12-2-3-15-5-7(10)11/h1,4,7,12H,2-3,5H2. The molecule has 0 aromatic carbocycles. The average molecular weight is 350 g/mol. The number of nitrogens with one attached hydrogen (secondary N) is 1. The molecular weight excluding hydrogens is 340 g/mol. The maximum absolute atomic E-state index is 11.7. The summed E-state index contributed by atoms with van der Waals surface area (Å²) in [5.74, 6) is 0. The number of rotatable bonds is 7. The first-order valence-electron chi connectivity index (χ1n) is 4.52. The van der Waals surface area contributed by atoms with Crippen LogP contribution in [-0.4, -0.2) is 34.6 Å². The van der Waals surface area contributed by atoms with Gasteiger partial charge < -0.3 is 4.74 Å². The number of ether oxygens (including phenoxy) is 1. The fraction of sp³-hybridized carbons (Fsp3) is 0.500. The lowest BCUT2D eigenvalue weighted by molar-refractivity contribution is 0.0199. The topological polar surface area (TPSA) is 55.4 Å². The lowest BCUT2D eigenvalue weighted by atomic mass is 10.7. The van der Waals surface area contributed by atoms with Gasteiger partial charge >= 0.3 is 0 Å². The molecule has 0 unspecified atom stereocenters. The molecule has 1 aromatic heterocycles. The molecule has 98 valence electrons. The summed E-state index contributed by atoms with van der Waals surface area (Å²) in [6.07, 6.45) is -2.54. The van der Waals surface area contributed by atoms with Crippen LogP contribution in [0.5, 0.6) is 0 Å². The summed E-state index contributed by atoms with van der Waals surface area (Å²) in [7, 11) is -3.59. The highest BCUT2D eigenvalue weighted by Gasteiger charge is 2.18. The van der Waals surface area contributed by atoms with Crippen molar-refractivity contribution in [3.05, 3.63) is 15.9 Å². The zero-order chi connectivity index (χ0) is 12.9. The van der Waals surface area contributed by atoms with E-state index in [9.17, 15) is 17.2 Å². The molecule has 0 saturated carbocycles. The van der Waals surface area contributed by atoms with Gasteiger partial charge in [-0.25, -0.2) is 21.9 Å². The number of sulfonamides is 1. The van der Waals surface area contributed by atoms with Gasteiger partial charge in [-0.3, -0.25) is 0 Å². The fourth-order valence-electron chi connectivity index (χ4n) is 0.958. The highest BCUT2D eigenvalue weighted by atomic mass is 79.9. The minimum Gasteiger partial charge on any atom is -0.374 e. The summed E-state index contributed by atoms with van der Waals surface area (Å²) in [5, 5.41) is 1.63. The normalized spacial score (nSPS) is 12.2. The van der Waals surface area contributed by atoms with E-state index in [0.717, 1.165) is 11.3 Å². The summed E-state index contributed by atoms with van der Waals surface area (Å²) in [5.41, 5.74) is 0. The van der Waals surface area contributed by atoms with E-state index in [1.165, 1.54) is 0 Å². The van der Waals surface area contributed by atoms with Gasteiger partial charge in [-0.05, 0) is 27.4 Å². The largest absolute Gasteiger partial charge is 0.374 e. The Morgan fingerprint density at radius 1 is 1.53 bits per heavy atom. The van der Waals surface area contributed by atoms with E-state index in [1.807, 2.05) is 0 Å². The molecule has 0 aliphatic rings. The van der Waals surface area contributed by atoms with Crippen molar-refractivity contribution in [1.29, 1.82) is 0 Å². The van der Waals surface area contributed by atoms with E-state index < -0.39 is 23.1 Å². The van der Waals surface area contributed by atoms with Gasteiger partial charge in [0.15, 0.2) is 0 Å². The Bertz CT molecular complexity index is 449. The third-order valence-corrected chi connectivity index (χ3v) is 5.74. The third-order valence-electron chi connectivity index (χ3n) is 1.61. The van der Waals surface area contributed by atoms with Crippen LogP contribution in [0.3, 0.4) is 0 Å². The Morgan fingerprint density at radius 2 is 2.24 bits per heavy atom. The van der Waals surface area contributed by atoms with E-state index >= 15 is 0 Å². The SMILES string of the molecule is O=S(=O)(NCCOCC(F)F)c1sccc1Br. The number of halogens is 3. The minimum atomic E-state index is -3.59. The van der Waals surface area contributed by atoms with Crippen LogP contribution in [0.1, 0.15) is 0 Å². The number of hydrogen-bond acceptors (Lipinski definition) is 4. The van der Waals surface area contributed by atoms with E-state index in [0.29, 0.717) is 4.47 Å². The second-order valence-corrected chi connectivity index (χ2v) is 6.65. The second-order valence-electron chi connectivity index (χ2n) is 2.92. The molecule has 0 radical (unpaired) electrons. The number of hydrogen-bond donors (Lipinski definition) is 1. The summed E-state index contributed by atoms with van der Waals surface area (Å²) < 4.78 is 54.2. The Morgan fingerprint density at radius 3 is 2.76 bits per heavy atom. The average Bonchev–Trinajstić information content (AvgIpc) is 2.64. The molecule has 0 saturated heterocycles. The van der Waals surface area contributed by atoms with Crippen molar-refractivity contribution in [3.63, 3.8) is 0 Å². The second kappa shape index (κ2) is 6.74. The predicted octanol–water partition coefficient (Wildman–Crippen LogP) is 2.07. The molecule has 4 nitrogen and oxygen atoms in total. The van der Waals surface area contributed by atoms with Crippen LogP contribution in [0, 0.1) is 0 Å². The van der Waals surface area contributed by atoms with Gasteiger partial charge in [0.1, 0.15) is 10.8 Å². The Kier molecular flexibility index (Phi) is 5.93. The van der Waals surface area contributed by atoms with Crippen molar-refractivity contribution < 1.29 is 21.9 Å². The molecular formula is C8H10BrF2NO3S2. The molecule has 0 aliphatic heterocycles. The first kappa shape index (κ1) is 15.0. The smallest absolute Gasteiger partial charge is 0.261 e. The van der Waals surface area contributed by atoms with E-state index in [2.05, 4.69) is 25.4 Å². The molecule has 0 atom stereocenters. The van der Waals surface area contributed by atoms with Crippen LogP contribution in [0.15, 0.2) is 20.1 Å². The monoisotopic (exact) mass is 349 g/mol. The first-order valence-corrected chi connectivity index (χ1v) is 7.67. The van der Waals surface area contributed by atoms with Crippen LogP contribution in [0.4, 0.5) is 8.78 Å². The van der Waals surface area contributed by atoms with Crippen LogP contribution in [0.25, 0.3) is 0 Å². The zero-order valence-corrected chi connectivity index (χ0v) is 11.7. The number of thiophene rings is 1. The molecule has 1 rings (SSSR count). The molecule has 0 aliphatic carbocycles. The minimum absolute atomic E-state index is 0.0423. The lowest BCUT2D eigenvalue weighted by Gasteiger charge is -2.06. The molecule has 0 spiro atoms. The Hall–Kier alpha value is -0.0900. The van der Waals surface area contributed by atoms with Crippen LogP contribution >= 0.6 is 27.3 Å². The summed E-state index contributed by atoms with van der Waals surface area (Å²) >= 11 is 4.17. The lowest BCUT2D eigenvalue weighted by Crippen LogP contribution is -2.27. The highest BCUT2D eigenvalue weighted by molar-refractivity contribution is 9.10. The Labute approximate surface area is 110 Å². The maximum atomic E-state index is 11.7. The van der Waals surface area contributed by atoms with Gasteiger partial charge in [-0.15, -0.1) is 11.3 Å². The summed E-state index contributed by atoms with van der Waals surface area (Å²) in [6.45, 7) is -0.823. The summed E-state index contributed by atoms with van der Waals surface area (Å²) in [4.78, 5) is 0. The quantitative estimate of drug-likeness (QED) is 0.766. The van der Waals surface area contributed by atoms with Gasteiger partial charge in [0, 0.05) is 11.0 Å². The van der Waals surface area contributed by atoms with Gasteiger partial charge in [0.2, 0.25) is 0 Å². The molecule has 1 aromatic rings. The fourth-order valence-corrected chi connectivity index (χ4v) is 4.35. The third kappa shape index (κ3) is 4.96. The van der Waals surface area contributed by atoms with Crippen molar-refractivity contribution in [2.75, 3.05) is 19.8 Å². The van der Waals surface area contributed by atoms with Crippen molar-refractivity contribution in [2.24, 2.45) is 0 Å². The maximum Gasteiger partial charge on any atom is 0.261 e. The zero-order valence-electron chi connectivity index (χ0n) is 8.53.